The smallest absolute Gasteiger partial charge is 0.144 e. The van der Waals surface area contributed by atoms with E-state index in [1.54, 1.807) is 0 Å². The topological polar surface area (TPSA) is 28.5 Å². The first-order valence-electron chi connectivity index (χ1n) is 17.1. The Balaban J connectivity index is 0.000000172. The van der Waals surface area contributed by atoms with E-state index in [4.69, 9.17) is 0 Å². The molecule has 0 aliphatic heterocycles. The molecule has 0 heterocycles. The Labute approximate surface area is 303 Å². The monoisotopic (exact) mass is 694 g/mol. The van der Waals surface area contributed by atoms with Crippen LogP contribution in [0.4, 0.5) is 0 Å². The summed E-state index contributed by atoms with van der Waals surface area (Å²) in [7, 11) is -3.81. The van der Waals surface area contributed by atoms with Gasteiger partial charge in [0.05, 0.1) is 0 Å². The molecular weight excluding hydrogens is 654 g/mol. The van der Waals surface area contributed by atoms with E-state index in [0.717, 1.165) is 0 Å². The van der Waals surface area contributed by atoms with Crippen molar-refractivity contribution < 1.29 is 5.48 Å². The van der Waals surface area contributed by atoms with Crippen LogP contribution in [0.15, 0.2) is 243 Å². The first-order valence-corrected chi connectivity index (χ1v) is 20.7. The zero-order chi connectivity index (χ0) is 33.9. The molecule has 51 heavy (non-hydrogen) atoms. The normalized spacial score (nSPS) is 11.0. The van der Waals surface area contributed by atoms with Gasteiger partial charge in [0.15, 0.2) is 0 Å². The van der Waals surface area contributed by atoms with Gasteiger partial charge in [0.2, 0.25) is 0 Å². The van der Waals surface area contributed by atoms with Crippen LogP contribution in [0.5, 0.6) is 0 Å². The predicted octanol–water partition coefficient (Wildman–Crippen LogP) is 8.49. The maximum absolute atomic E-state index is 2.28. The highest BCUT2D eigenvalue weighted by Gasteiger charge is 2.48. The summed E-state index contributed by atoms with van der Waals surface area (Å²) >= 11 is 0. The van der Waals surface area contributed by atoms with E-state index >= 15 is 0 Å². The highest BCUT2D eigenvalue weighted by Crippen LogP contribution is 2.55. The zero-order valence-corrected chi connectivity index (χ0v) is 30.2. The third kappa shape index (κ3) is 7.12. The van der Waals surface area contributed by atoms with Gasteiger partial charge < -0.3 is 5.48 Å². The summed E-state index contributed by atoms with van der Waals surface area (Å²) in [6, 6.07) is 87.7. The molecule has 0 aliphatic rings. The van der Waals surface area contributed by atoms with Crippen molar-refractivity contribution in [1.82, 2.24) is 0 Å². The van der Waals surface area contributed by atoms with Gasteiger partial charge in [-0.2, -0.15) is 0 Å². The van der Waals surface area contributed by atoms with Gasteiger partial charge in [0, 0.05) is 0 Å². The Morgan fingerprint density at radius 2 is 0.255 bits per heavy atom. The molecule has 0 amide bonds. The fraction of sp³-hybridized carbons (Fsp3) is 0. The standard InChI is InChI=1S/2C24H20P.O/c2*1-5-13-21(14-6-1)25(22-15-7-2-8-16-22,23-17-9-3-10-18-23)24-19-11-4-12-20-24;/h2*1-20H;/q2*+1;-2. The largest absolute Gasteiger partial charge is 2.00 e. The molecule has 248 valence electrons. The molecule has 8 aromatic carbocycles. The summed E-state index contributed by atoms with van der Waals surface area (Å²) in [6.07, 6.45) is 0. The second kappa shape index (κ2) is 17.0. The third-order valence-electron chi connectivity index (χ3n) is 9.15. The van der Waals surface area contributed by atoms with Crippen LogP contribution in [0.1, 0.15) is 0 Å². The van der Waals surface area contributed by atoms with Crippen LogP contribution in [-0.2, 0) is 5.48 Å². The molecule has 3 heteroatoms. The van der Waals surface area contributed by atoms with Crippen LogP contribution in [0.3, 0.4) is 0 Å². The minimum Gasteiger partial charge on any atom is -2.00 e. The van der Waals surface area contributed by atoms with Crippen LogP contribution < -0.4 is 42.4 Å². The molecule has 0 saturated carbocycles. The number of rotatable bonds is 8. The van der Waals surface area contributed by atoms with Crippen LogP contribution in [-0.4, -0.2) is 0 Å². The van der Waals surface area contributed by atoms with Gasteiger partial charge in [-0.05, 0) is 97.1 Å². The molecule has 0 atom stereocenters. The molecule has 0 spiro atoms. The fourth-order valence-electron chi connectivity index (χ4n) is 7.00. The van der Waals surface area contributed by atoms with E-state index in [0.29, 0.717) is 0 Å². The molecule has 0 unspecified atom stereocenters. The maximum atomic E-state index is 2.28. The molecule has 0 aromatic heterocycles. The molecule has 0 bridgehead atoms. The second-order valence-electron chi connectivity index (χ2n) is 12.0. The fourth-order valence-corrected chi connectivity index (χ4v) is 15.5. The van der Waals surface area contributed by atoms with Crippen molar-refractivity contribution in [2.45, 2.75) is 0 Å². The van der Waals surface area contributed by atoms with E-state index in [1.807, 2.05) is 0 Å². The van der Waals surface area contributed by atoms with E-state index in [9.17, 15) is 0 Å². The van der Waals surface area contributed by atoms with Crippen LogP contribution in [0.25, 0.3) is 0 Å². The van der Waals surface area contributed by atoms with Crippen molar-refractivity contribution in [3.05, 3.63) is 243 Å². The van der Waals surface area contributed by atoms with Crippen molar-refractivity contribution in [3.63, 3.8) is 0 Å². The Kier molecular flexibility index (Phi) is 11.8. The van der Waals surface area contributed by atoms with E-state index in [-0.39, 0.29) is 5.48 Å². The van der Waals surface area contributed by atoms with E-state index in [1.165, 1.54) is 42.4 Å². The molecule has 0 N–H and O–H groups in total. The summed E-state index contributed by atoms with van der Waals surface area (Å²) in [5, 5.41) is 11.1. The van der Waals surface area contributed by atoms with Crippen LogP contribution >= 0.6 is 14.5 Å². The Morgan fingerprint density at radius 1 is 0.157 bits per heavy atom. The third-order valence-corrected chi connectivity index (χ3v) is 17.7. The lowest BCUT2D eigenvalue weighted by Gasteiger charge is -2.27. The predicted molar refractivity (Wildman–Crippen MR) is 223 cm³/mol. The van der Waals surface area contributed by atoms with Gasteiger partial charge in [-0.15, -0.1) is 0 Å². The van der Waals surface area contributed by atoms with Crippen LogP contribution in [0.2, 0.25) is 0 Å². The van der Waals surface area contributed by atoms with Gasteiger partial charge in [-0.3, -0.25) is 0 Å². The number of benzene rings is 8. The average Bonchev–Trinajstić information content (AvgIpc) is 3.22. The van der Waals surface area contributed by atoms with Crippen molar-refractivity contribution in [3.8, 4) is 0 Å². The van der Waals surface area contributed by atoms with E-state index < -0.39 is 14.5 Å². The van der Waals surface area contributed by atoms with Crippen LogP contribution in [0, 0.1) is 0 Å². The van der Waals surface area contributed by atoms with Crippen molar-refractivity contribution in [1.29, 1.82) is 0 Å². The Hall–Kier alpha value is -5.42. The molecular formula is C48H40OP2. The average molecular weight is 695 g/mol. The first-order chi connectivity index (χ1) is 24.8. The molecule has 1 nitrogen and oxygen atoms in total. The lowest BCUT2D eigenvalue weighted by atomic mass is 10.3. The lowest BCUT2D eigenvalue weighted by Crippen LogP contribution is -2.38. The van der Waals surface area contributed by atoms with Crippen molar-refractivity contribution in [2.75, 3.05) is 0 Å². The van der Waals surface area contributed by atoms with E-state index in [2.05, 4.69) is 243 Å². The SMILES string of the molecule is [O-2].c1ccc([P+](c2ccccc2)(c2ccccc2)c2ccccc2)cc1.c1ccc([P+](c2ccccc2)(c2ccccc2)c2ccccc2)cc1. The molecule has 0 saturated heterocycles. The molecule has 0 aliphatic carbocycles. The Morgan fingerprint density at radius 3 is 0.353 bits per heavy atom. The summed E-state index contributed by atoms with van der Waals surface area (Å²) < 4.78 is 0. The maximum Gasteiger partial charge on any atom is 0.144 e. The minimum atomic E-state index is -1.91. The van der Waals surface area contributed by atoms with Gasteiger partial charge in [0.25, 0.3) is 0 Å². The summed E-state index contributed by atoms with van der Waals surface area (Å²) in [5.74, 6) is 0. The lowest BCUT2D eigenvalue weighted by molar-refractivity contribution is 0.686. The highest BCUT2D eigenvalue weighted by atomic mass is 31.2. The molecule has 0 fully saturated rings. The highest BCUT2D eigenvalue weighted by molar-refractivity contribution is 8.02. The number of hydrogen-bond donors (Lipinski definition) is 0. The quantitative estimate of drug-likeness (QED) is 0.143. The molecule has 0 radical (unpaired) electrons. The molecule has 8 aromatic rings. The zero-order valence-electron chi connectivity index (χ0n) is 28.4. The first kappa shape index (κ1) is 35.4. The van der Waals surface area contributed by atoms with Crippen molar-refractivity contribution in [2.24, 2.45) is 0 Å². The van der Waals surface area contributed by atoms with Gasteiger partial charge >= 0.3 is 0 Å². The van der Waals surface area contributed by atoms with Crippen molar-refractivity contribution >= 4 is 57.0 Å². The summed E-state index contributed by atoms with van der Waals surface area (Å²) in [5.41, 5.74) is 0. The molecule has 8 rings (SSSR count). The summed E-state index contributed by atoms with van der Waals surface area (Å²) in [6.45, 7) is 0. The second-order valence-corrected chi connectivity index (χ2v) is 18.8. The van der Waals surface area contributed by atoms with Gasteiger partial charge in [-0.25, -0.2) is 0 Å². The van der Waals surface area contributed by atoms with Gasteiger partial charge in [-0.1, -0.05) is 146 Å². The summed E-state index contributed by atoms with van der Waals surface area (Å²) in [4.78, 5) is 0. The minimum absolute atomic E-state index is 0. The van der Waals surface area contributed by atoms with Gasteiger partial charge in [0.1, 0.15) is 57.0 Å². The Bertz CT molecular complexity index is 1680. The number of hydrogen-bond acceptors (Lipinski definition) is 0.